The van der Waals surface area contributed by atoms with Gasteiger partial charge in [0, 0.05) is 42.8 Å². The van der Waals surface area contributed by atoms with Gasteiger partial charge in [0.2, 0.25) is 5.78 Å². The Balaban J connectivity index is 1.22. The van der Waals surface area contributed by atoms with Crippen molar-refractivity contribution in [1.82, 2.24) is 14.8 Å². The number of aromatic amines is 1. The second kappa shape index (κ2) is 13.3. The second-order valence-corrected chi connectivity index (χ2v) is 11.9. The molecule has 0 unspecified atom stereocenters. The number of ketones is 1. The van der Waals surface area contributed by atoms with E-state index in [0.717, 1.165) is 61.5 Å². The maximum Gasteiger partial charge on any atom is 0.410 e. The number of phenolic OH excluding ortho intramolecular Hbond substituents is 1. The summed E-state index contributed by atoms with van der Waals surface area (Å²) in [6.07, 6.45) is 9.80. The first-order valence-electron chi connectivity index (χ1n) is 14.5. The minimum atomic E-state index is -0.472. The molecule has 0 saturated heterocycles. The molecule has 0 fully saturated rings. The number of hydrogen-bond donors (Lipinski definition) is 2. The van der Waals surface area contributed by atoms with Crippen molar-refractivity contribution in [3.8, 4) is 11.5 Å². The summed E-state index contributed by atoms with van der Waals surface area (Å²) in [6.45, 7) is 7.68. The number of rotatable bonds is 12. The molecule has 220 valence electrons. The average Bonchev–Trinajstić information content (AvgIpc) is 3.47. The molecule has 0 aliphatic carbocycles. The van der Waals surface area contributed by atoms with E-state index >= 15 is 0 Å². The number of aromatic hydroxyl groups is 1. The summed E-state index contributed by atoms with van der Waals surface area (Å²) in [5.74, 6) is 0.667. The van der Waals surface area contributed by atoms with E-state index in [0.29, 0.717) is 30.0 Å². The second-order valence-electron chi connectivity index (χ2n) is 11.9. The molecule has 1 aliphatic rings. The van der Waals surface area contributed by atoms with Crippen LogP contribution < -0.4 is 4.74 Å². The Morgan fingerprint density at radius 1 is 1.00 bits per heavy atom. The molecular formula is C33H43N3O5. The van der Waals surface area contributed by atoms with Crippen molar-refractivity contribution in [2.24, 2.45) is 0 Å². The van der Waals surface area contributed by atoms with E-state index in [1.54, 1.807) is 30.2 Å². The number of carbonyl (C=O) groups excluding carboxylic acids is 2. The van der Waals surface area contributed by atoms with Crippen molar-refractivity contribution < 1.29 is 24.2 Å². The lowest BCUT2D eigenvalue weighted by Crippen LogP contribution is -2.34. The lowest BCUT2D eigenvalue weighted by atomic mass is 10.0. The first-order chi connectivity index (χ1) is 19.5. The van der Waals surface area contributed by atoms with Crippen molar-refractivity contribution in [2.75, 3.05) is 27.2 Å². The van der Waals surface area contributed by atoms with Gasteiger partial charge in [-0.05, 0) is 71.5 Å². The van der Waals surface area contributed by atoms with Crippen LogP contribution in [0.15, 0.2) is 48.4 Å². The summed E-state index contributed by atoms with van der Waals surface area (Å²) in [6, 6.07) is 11.1. The number of para-hydroxylation sites is 1. The van der Waals surface area contributed by atoms with E-state index in [9.17, 15) is 14.7 Å². The predicted molar refractivity (Wildman–Crippen MR) is 162 cm³/mol. The maximum atomic E-state index is 13.1. The Hall–Kier alpha value is -3.78. The summed E-state index contributed by atoms with van der Waals surface area (Å²) in [5.41, 5.74) is 2.52. The van der Waals surface area contributed by atoms with Crippen LogP contribution in [0.4, 0.5) is 4.79 Å². The number of hydrogen-bond acceptors (Lipinski definition) is 6. The molecule has 1 aliphatic heterocycles. The van der Waals surface area contributed by atoms with E-state index < -0.39 is 5.60 Å². The number of carbonyl (C=O) groups is 2. The molecule has 2 N–H and O–H groups in total. The first-order valence-corrected chi connectivity index (χ1v) is 14.5. The number of ether oxygens (including phenoxy) is 2. The SMILES string of the molecule is CN(CCCCCCCCN(C)C(=O)OC(C)(C)C)Cc1c(O)ccc2c1OC(=Cc1c[nH]c3ccccc13)C2=O. The van der Waals surface area contributed by atoms with Crippen LogP contribution in [0.1, 0.15) is 80.8 Å². The highest BCUT2D eigenvalue weighted by Gasteiger charge is 2.31. The lowest BCUT2D eigenvalue weighted by molar-refractivity contribution is 0.0296. The monoisotopic (exact) mass is 561 g/mol. The van der Waals surface area contributed by atoms with Crippen LogP contribution in [0, 0.1) is 0 Å². The zero-order valence-electron chi connectivity index (χ0n) is 25.0. The number of allylic oxidation sites excluding steroid dienone is 1. The van der Waals surface area contributed by atoms with E-state index in [2.05, 4.69) is 9.88 Å². The molecule has 8 nitrogen and oxygen atoms in total. The fourth-order valence-electron chi connectivity index (χ4n) is 5.02. The molecule has 0 radical (unpaired) electrons. The number of phenols is 1. The number of aromatic nitrogens is 1. The number of unbranched alkanes of at least 4 members (excludes halogenated alkanes) is 5. The molecule has 0 atom stereocenters. The molecule has 8 heteroatoms. The Bertz CT molecular complexity index is 1400. The van der Waals surface area contributed by atoms with Crippen molar-refractivity contribution in [1.29, 1.82) is 0 Å². The van der Waals surface area contributed by atoms with Gasteiger partial charge in [0.05, 0.1) is 11.1 Å². The van der Waals surface area contributed by atoms with Crippen LogP contribution >= 0.6 is 0 Å². The third kappa shape index (κ3) is 7.91. The van der Waals surface area contributed by atoms with Gasteiger partial charge in [0.1, 0.15) is 17.1 Å². The first kappa shape index (κ1) is 30.2. The molecule has 0 saturated carbocycles. The third-order valence-electron chi connectivity index (χ3n) is 7.24. The van der Waals surface area contributed by atoms with Gasteiger partial charge in [-0.15, -0.1) is 0 Å². The van der Waals surface area contributed by atoms with Gasteiger partial charge in [-0.1, -0.05) is 43.9 Å². The van der Waals surface area contributed by atoms with E-state index in [4.69, 9.17) is 9.47 Å². The zero-order chi connectivity index (χ0) is 29.6. The number of nitrogens with one attached hydrogen (secondary N) is 1. The quantitative estimate of drug-likeness (QED) is 0.180. The van der Waals surface area contributed by atoms with Crippen molar-refractivity contribution in [3.63, 3.8) is 0 Å². The molecule has 41 heavy (non-hydrogen) atoms. The fraction of sp³-hybridized carbons (Fsp3) is 0.455. The van der Waals surface area contributed by atoms with Gasteiger partial charge in [-0.2, -0.15) is 0 Å². The Morgan fingerprint density at radius 3 is 2.41 bits per heavy atom. The van der Waals surface area contributed by atoms with Gasteiger partial charge < -0.3 is 29.4 Å². The predicted octanol–water partition coefficient (Wildman–Crippen LogP) is 7.13. The minimum absolute atomic E-state index is 0.132. The van der Waals surface area contributed by atoms with E-state index in [-0.39, 0.29) is 23.4 Å². The zero-order valence-corrected chi connectivity index (χ0v) is 25.0. The van der Waals surface area contributed by atoms with Crippen molar-refractivity contribution in [3.05, 3.63) is 65.0 Å². The van der Waals surface area contributed by atoms with E-state index in [1.165, 1.54) is 0 Å². The minimum Gasteiger partial charge on any atom is -0.507 e. The van der Waals surface area contributed by atoms with E-state index in [1.807, 2.05) is 58.3 Å². The number of fused-ring (bicyclic) bond motifs is 2. The molecule has 2 aromatic carbocycles. The summed E-state index contributed by atoms with van der Waals surface area (Å²) in [7, 11) is 3.80. The van der Waals surface area contributed by atoms with Gasteiger partial charge in [-0.25, -0.2) is 4.79 Å². The van der Waals surface area contributed by atoms with Crippen molar-refractivity contribution >= 4 is 28.9 Å². The van der Waals surface area contributed by atoms with Crippen LogP contribution in [-0.2, 0) is 11.3 Å². The highest BCUT2D eigenvalue weighted by Crippen LogP contribution is 2.40. The van der Waals surface area contributed by atoms with Gasteiger partial charge in [-0.3, -0.25) is 4.79 Å². The highest BCUT2D eigenvalue weighted by molar-refractivity contribution is 6.15. The Morgan fingerprint density at radius 2 is 1.68 bits per heavy atom. The average molecular weight is 562 g/mol. The molecule has 0 bridgehead atoms. The molecule has 0 spiro atoms. The van der Waals surface area contributed by atoms with Gasteiger partial charge >= 0.3 is 6.09 Å². The summed E-state index contributed by atoms with van der Waals surface area (Å²) in [5, 5.41) is 11.7. The van der Waals surface area contributed by atoms with Crippen LogP contribution in [0.2, 0.25) is 0 Å². The van der Waals surface area contributed by atoms with Crippen LogP contribution in [0.3, 0.4) is 0 Å². The molecule has 2 heterocycles. The molecule has 4 rings (SSSR count). The Labute approximate surface area is 242 Å². The topological polar surface area (TPSA) is 95.1 Å². The summed E-state index contributed by atoms with van der Waals surface area (Å²) in [4.78, 5) is 32.2. The smallest absolute Gasteiger partial charge is 0.410 e. The van der Waals surface area contributed by atoms with Crippen LogP contribution in [0.25, 0.3) is 17.0 Å². The Kier molecular flexibility index (Phi) is 9.76. The van der Waals surface area contributed by atoms with Gasteiger partial charge in [0.25, 0.3) is 0 Å². The van der Waals surface area contributed by atoms with Crippen LogP contribution in [-0.4, -0.2) is 64.6 Å². The highest BCUT2D eigenvalue weighted by atomic mass is 16.6. The molecule has 1 aromatic heterocycles. The van der Waals surface area contributed by atoms with Crippen LogP contribution in [0.5, 0.6) is 11.5 Å². The largest absolute Gasteiger partial charge is 0.507 e. The standard InChI is InChI=1S/C33H43N3O5/c1-33(2,3)41-32(39)36(5)19-13-9-7-6-8-12-18-35(4)22-26-28(37)17-16-25-30(38)29(40-31(25)26)20-23-21-34-27-15-11-10-14-24(23)27/h10-11,14-17,20-21,34,37H,6-9,12-13,18-19,22H2,1-5H3. The number of Topliss-reactive ketones (excluding diaryl/α,β-unsaturated/α-hetero) is 1. The summed E-state index contributed by atoms with van der Waals surface area (Å²) < 4.78 is 11.5. The molecule has 1 amide bonds. The van der Waals surface area contributed by atoms with Crippen molar-refractivity contribution in [2.45, 2.75) is 71.4 Å². The lowest BCUT2D eigenvalue weighted by Gasteiger charge is -2.24. The number of benzene rings is 2. The number of amides is 1. The van der Waals surface area contributed by atoms with Gasteiger partial charge in [0.15, 0.2) is 5.76 Å². The number of nitrogens with zero attached hydrogens (tertiary/aromatic N) is 2. The molecular weight excluding hydrogens is 518 g/mol. The number of H-pyrrole nitrogens is 1. The third-order valence-corrected chi connectivity index (χ3v) is 7.24. The summed E-state index contributed by atoms with van der Waals surface area (Å²) >= 11 is 0. The fourth-order valence-corrected chi connectivity index (χ4v) is 5.02. The normalized spacial score (nSPS) is 14.1. The molecule has 3 aromatic rings. The maximum absolute atomic E-state index is 13.1.